The van der Waals surface area contributed by atoms with Crippen LogP contribution < -0.4 is 5.73 Å². The van der Waals surface area contributed by atoms with E-state index in [-0.39, 0.29) is 5.41 Å². The van der Waals surface area contributed by atoms with Crippen molar-refractivity contribution in [2.24, 2.45) is 5.73 Å². The van der Waals surface area contributed by atoms with Crippen LogP contribution in [0.25, 0.3) is 10.9 Å². The normalized spacial score (nSPS) is 21.1. The zero-order valence-electron chi connectivity index (χ0n) is 11.2. The standard InChI is InChI=1S/C16H20N2O/c17-10-16(5-1-6-16)11-2-3-14-12(8-11)13-9-19-7-4-15(13)18-14/h2-3,8,18H,1,4-7,9-10,17H2. The third-order valence-corrected chi connectivity index (χ3v) is 5.05. The molecule has 2 heterocycles. The Labute approximate surface area is 113 Å². The van der Waals surface area contributed by atoms with Gasteiger partial charge in [-0.15, -0.1) is 0 Å². The summed E-state index contributed by atoms with van der Waals surface area (Å²) in [5.41, 5.74) is 11.6. The maximum Gasteiger partial charge on any atom is 0.0740 e. The molecule has 1 aliphatic carbocycles. The van der Waals surface area contributed by atoms with Gasteiger partial charge in [0.1, 0.15) is 0 Å². The molecule has 0 amide bonds. The van der Waals surface area contributed by atoms with E-state index in [2.05, 4.69) is 23.2 Å². The summed E-state index contributed by atoms with van der Waals surface area (Å²) in [6.45, 7) is 2.34. The summed E-state index contributed by atoms with van der Waals surface area (Å²) < 4.78 is 5.61. The second-order valence-electron chi connectivity index (χ2n) is 5.98. The first-order chi connectivity index (χ1) is 9.32. The molecule has 19 heavy (non-hydrogen) atoms. The molecule has 0 radical (unpaired) electrons. The molecule has 2 aliphatic rings. The summed E-state index contributed by atoms with van der Waals surface area (Å²) in [6, 6.07) is 6.83. The predicted octanol–water partition coefficient (Wildman–Crippen LogP) is 2.62. The fourth-order valence-electron chi connectivity index (χ4n) is 3.57. The van der Waals surface area contributed by atoms with E-state index in [0.29, 0.717) is 0 Å². The smallest absolute Gasteiger partial charge is 0.0740 e. The average molecular weight is 256 g/mol. The van der Waals surface area contributed by atoms with Gasteiger partial charge in [0.15, 0.2) is 0 Å². The van der Waals surface area contributed by atoms with Crippen LogP contribution in [0, 0.1) is 0 Å². The van der Waals surface area contributed by atoms with Crippen molar-refractivity contribution in [1.82, 2.24) is 4.98 Å². The highest BCUT2D eigenvalue weighted by atomic mass is 16.5. The Morgan fingerprint density at radius 1 is 1.32 bits per heavy atom. The number of hydrogen-bond donors (Lipinski definition) is 2. The lowest BCUT2D eigenvalue weighted by Gasteiger charge is -2.41. The van der Waals surface area contributed by atoms with Crippen molar-refractivity contribution in [1.29, 1.82) is 0 Å². The summed E-state index contributed by atoms with van der Waals surface area (Å²) in [6.07, 6.45) is 4.78. The number of fused-ring (bicyclic) bond motifs is 3. The van der Waals surface area contributed by atoms with Crippen LogP contribution in [0.15, 0.2) is 18.2 Å². The molecule has 2 aromatic rings. The number of H-pyrrole nitrogens is 1. The first-order valence-corrected chi connectivity index (χ1v) is 7.24. The summed E-state index contributed by atoms with van der Waals surface area (Å²) in [5, 5.41) is 1.34. The highest BCUT2D eigenvalue weighted by molar-refractivity contribution is 5.85. The zero-order valence-corrected chi connectivity index (χ0v) is 11.2. The number of hydrogen-bond acceptors (Lipinski definition) is 2. The largest absolute Gasteiger partial charge is 0.376 e. The molecular weight excluding hydrogens is 236 g/mol. The Morgan fingerprint density at radius 3 is 2.95 bits per heavy atom. The Morgan fingerprint density at radius 2 is 2.21 bits per heavy atom. The van der Waals surface area contributed by atoms with E-state index >= 15 is 0 Å². The Kier molecular flexibility index (Phi) is 2.47. The van der Waals surface area contributed by atoms with Gasteiger partial charge in [-0.3, -0.25) is 0 Å². The molecule has 0 unspecified atom stereocenters. The third kappa shape index (κ3) is 1.58. The first-order valence-electron chi connectivity index (χ1n) is 7.24. The Bertz CT molecular complexity index is 619. The van der Waals surface area contributed by atoms with Gasteiger partial charge in [-0.05, 0) is 30.5 Å². The van der Waals surface area contributed by atoms with Crippen LogP contribution in [0.4, 0.5) is 0 Å². The molecule has 100 valence electrons. The van der Waals surface area contributed by atoms with Crippen LogP contribution in [0.5, 0.6) is 0 Å². The highest BCUT2D eigenvalue weighted by Gasteiger charge is 2.37. The van der Waals surface area contributed by atoms with Crippen molar-refractivity contribution < 1.29 is 4.74 Å². The lowest BCUT2D eigenvalue weighted by atomic mass is 9.64. The molecule has 0 saturated heterocycles. The lowest BCUT2D eigenvalue weighted by molar-refractivity contribution is 0.111. The highest BCUT2D eigenvalue weighted by Crippen LogP contribution is 2.44. The van der Waals surface area contributed by atoms with E-state index in [4.69, 9.17) is 10.5 Å². The zero-order chi connectivity index (χ0) is 12.9. The first kappa shape index (κ1) is 11.5. The minimum absolute atomic E-state index is 0.244. The molecule has 1 saturated carbocycles. The van der Waals surface area contributed by atoms with Gasteiger partial charge < -0.3 is 15.5 Å². The summed E-state index contributed by atoms with van der Waals surface area (Å²) in [4.78, 5) is 3.54. The number of ether oxygens (including phenoxy) is 1. The van der Waals surface area contributed by atoms with E-state index in [9.17, 15) is 0 Å². The van der Waals surface area contributed by atoms with E-state index in [1.165, 1.54) is 47.0 Å². The van der Waals surface area contributed by atoms with Gasteiger partial charge in [0.2, 0.25) is 0 Å². The second kappa shape index (κ2) is 4.09. The molecule has 1 aliphatic heterocycles. The van der Waals surface area contributed by atoms with Gasteiger partial charge in [0.25, 0.3) is 0 Å². The van der Waals surface area contributed by atoms with Gasteiger partial charge in [-0.25, -0.2) is 0 Å². The molecule has 3 nitrogen and oxygen atoms in total. The molecule has 1 aromatic heterocycles. The lowest BCUT2D eigenvalue weighted by Crippen LogP contribution is -2.41. The molecule has 3 N–H and O–H groups in total. The van der Waals surface area contributed by atoms with Crippen LogP contribution in [-0.4, -0.2) is 18.1 Å². The number of nitrogens with one attached hydrogen (secondary N) is 1. The second-order valence-corrected chi connectivity index (χ2v) is 5.98. The molecule has 3 heteroatoms. The van der Waals surface area contributed by atoms with E-state index in [1.54, 1.807) is 0 Å². The molecular formula is C16H20N2O. The van der Waals surface area contributed by atoms with Gasteiger partial charge in [0.05, 0.1) is 13.2 Å². The predicted molar refractivity (Wildman–Crippen MR) is 76.2 cm³/mol. The van der Waals surface area contributed by atoms with Crippen molar-refractivity contribution in [3.63, 3.8) is 0 Å². The molecule has 0 bridgehead atoms. The number of rotatable bonds is 2. The van der Waals surface area contributed by atoms with Crippen molar-refractivity contribution in [2.75, 3.05) is 13.2 Å². The van der Waals surface area contributed by atoms with E-state index < -0.39 is 0 Å². The SMILES string of the molecule is NCC1(c2ccc3[nH]c4c(c3c2)COCC4)CCC1. The molecule has 1 fully saturated rings. The minimum atomic E-state index is 0.244. The van der Waals surface area contributed by atoms with Crippen molar-refractivity contribution in [2.45, 2.75) is 37.7 Å². The number of aromatic nitrogens is 1. The Hall–Kier alpha value is -1.32. The fourth-order valence-corrected chi connectivity index (χ4v) is 3.57. The third-order valence-electron chi connectivity index (χ3n) is 5.05. The number of nitrogens with two attached hydrogens (primary N) is 1. The average Bonchev–Trinajstić information content (AvgIpc) is 2.76. The molecule has 0 atom stereocenters. The van der Waals surface area contributed by atoms with Crippen LogP contribution >= 0.6 is 0 Å². The monoisotopic (exact) mass is 256 g/mol. The molecule has 4 rings (SSSR count). The van der Waals surface area contributed by atoms with Gasteiger partial charge in [0, 0.05) is 40.5 Å². The van der Waals surface area contributed by atoms with Crippen LogP contribution in [-0.2, 0) is 23.2 Å². The molecule has 0 spiro atoms. The van der Waals surface area contributed by atoms with Crippen molar-refractivity contribution >= 4 is 10.9 Å². The van der Waals surface area contributed by atoms with Gasteiger partial charge >= 0.3 is 0 Å². The quantitative estimate of drug-likeness (QED) is 0.867. The Balaban J connectivity index is 1.86. The maximum absolute atomic E-state index is 6.03. The summed E-state index contributed by atoms with van der Waals surface area (Å²) in [5.74, 6) is 0. The van der Waals surface area contributed by atoms with Crippen molar-refractivity contribution in [3.8, 4) is 0 Å². The summed E-state index contributed by atoms with van der Waals surface area (Å²) >= 11 is 0. The van der Waals surface area contributed by atoms with Crippen LogP contribution in [0.1, 0.15) is 36.1 Å². The van der Waals surface area contributed by atoms with Crippen molar-refractivity contribution in [3.05, 3.63) is 35.0 Å². The molecule has 1 aromatic carbocycles. The minimum Gasteiger partial charge on any atom is -0.376 e. The van der Waals surface area contributed by atoms with Crippen LogP contribution in [0.3, 0.4) is 0 Å². The van der Waals surface area contributed by atoms with Gasteiger partial charge in [-0.2, -0.15) is 0 Å². The number of benzene rings is 1. The van der Waals surface area contributed by atoms with E-state index in [1.807, 2.05) is 0 Å². The summed E-state index contributed by atoms with van der Waals surface area (Å²) in [7, 11) is 0. The maximum atomic E-state index is 6.03. The van der Waals surface area contributed by atoms with E-state index in [0.717, 1.165) is 26.2 Å². The topological polar surface area (TPSA) is 51.0 Å². The number of aromatic amines is 1. The van der Waals surface area contributed by atoms with Gasteiger partial charge in [-0.1, -0.05) is 12.5 Å². The fraction of sp³-hybridized carbons (Fsp3) is 0.500. The van der Waals surface area contributed by atoms with Crippen LogP contribution in [0.2, 0.25) is 0 Å².